The van der Waals surface area contributed by atoms with E-state index in [-0.39, 0.29) is 6.61 Å². The maximum atomic E-state index is 12.7. The lowest BCUT2D eigenvalue weighted by atomic mass is 10.1. The number of alkyl halides is 3. The quantitative estimate of drug-likeness (QED) is 0.846. The molecule has 1 saturated heterocycles. The molecule has 0 aliphatic carbocycles. The molecule has 2 aliphatic heterocycles. The average Bonchev–Trinajstić information content (AvgIpc) is 2.91. The van der Waals surface area contributed by atoms with Crippen LogP contribution in [0.1, 0.15) is 11.6 Å². The van der Waals surface area contributed by atoms with Gasteiger partial charge in [-0.2, -0.15) is 13.2 Å². The van der Waals surface area contributed by atoms with Gasteiger partial charge in [-0.3, -0.25) is 0 Å². The first-order valence-corrected chi connectivity index (χ1v) is 6.71. The highest BCUT2D eigenvalue weighted by molar-refractivity contribution is 9.10. The van der Waals surface area contributed by atoms with Gasteiger partial charge in [0.25, 0.3) is 0 Å². The van der Waals surface area contributed by atoms with Crippen LogP contribution in [0, 0.1) is 0 Å². The number of nitrogens with zero attached hydrogens (tertiary/aromatic N) is 1. The minimum atomic E-state index is -4.44. The number of urea groups is 1. The zero-order valence-electron chi connectivity index (χ0n) is 10.1. The van der Waals surface area contributed by atoms with Gasteiger partial charge in [-0.05, 0) is 12.1 Å². The molecule has 2 atom stereocenters. The Labute approximate surface area is 121 Å². The Kier molecular flexibility index (Phi) is 3.07. The Morgan fingerprint density at radius 3 is 2.80 bits per heavy atom. The largest absolute Gasteiger partial charge is 0.491 e. The van der Waals surface area contributed by atoms with Crippen molar-refractivity contribution in [3.05, 3.63) is 28.2 Å². The lowest BCUT2D eigenvalue weighted by molar-refractivity contribution is -0.150. The molecule has 0 radical (unpaired) electrons. The number of carbonyl (C=O) groups is 1. The molecule has 20 heavy (non-hydrogen) atoms. The number of amides is 2. The summed E-state index contributed by atoms with van der Waals surface area (Å²) in [4.78, 5) is 12.9. The second-order valence-electron chi connectivity index (χ2n) is 4.71. The van der Waals surface area contributed by atoms with Crippen LogP contribution in [-0.2, 0) is 0 Å². The van der Waals surface area contributed by atoms with Crippen LogP contribution >= 0.6 is 15.9 Å². The van der Waals surface area contributed by atoms with E-state index in [2.05, 4.69) is 15.9 Å². The van der Waals surface area contributed by atoms with Crippen LogP contribution in [0.15, 0.2) is 22.7 Å². The molecular formula is C12H10BrF3N2O2. The first-order valence-electron chi connectivity index (χ1n) is 5.92. The van der Waals surface area contributed by atoms with E-state index in [0.29, 0.717) is 5.75 Å². The number of hydrogen-bond donors (Lipinski definition) is 1. The predicted octanol–water partition coefficient (Wildman–Crippen LogP) is 2.84. The average molecular weight is 351 g/mol. The van der Waals surface area contributed by atoms with Gasteiger partial charge < -0.3 is 15.0 Å². The Morgan fingerprint density at radius 1 is 1.40 bits per heavy atom. The van der Waals surface area contributed by atoms with Crippen LogP contribution in [0.2, 0.25) is 0 Å². The smallest absolute Gasteiger partial charge is 0.410 e. The van der Waals surface area contributed by atoms with E-state index in [4.69, 9.17) is 4.74 Å². The maximum Gasteiger partial charge on any atom is 0.410 e. The van der Waals surface area contributed by atoms with Gasteiger partial charge in [-0.25, -0.2) is 4.79 Å². The van der Waals surface area contributed by atoms with Gasteiger partial charge in [0.05, 0.1) is 12.6 Å². The molecule has 3 rings (SSSR count). The van der Waals surface area contributed by atoms with E-state index in [1.54, 1.807) is 18.2 Å². The Bertz CT molecular complexity index is 564. The predicted molar refractivity (Wildman–Crippen MR) is 67.5 cm³/mol. The maximum absolute atomic E-state index is 12.7. The van der Waals surface area contributed by atoms with Crippen molar-refractivity contribution >= 4 is 22.0 Å². The zero-order chi connectivity index (χ0) is 14.5. The number of nitrogens with one attached hydrogen (secondary N) is 1. The molecule has 8 heteroatoms. The highest BCUT2D eigenvalue weighted by Gasteiger charge is 2.49. The summed E-state index contributed by atoms with van der Waals surface area (Å²) in [5, 5.41) is 1.96. The third-order valence-electron chi connectivity index (χ3n) is 3.44. The fraction of sp³-hybridized carbons (Fsp3) is 0.417. The SMILES string of the molecule is O=C1N[C@H](C(F)(F)F)CN1[C@@H]1COc2cc(Br)ccc21. The Balaban J connectivity index is 1.84. The summed E-state index contributed by atoms with van der Waals surface area (Å²) >= 11 is 3.29. The van der Waals surface area contributed by atoms with E-state index in [1.807, 2.05) is 5.32 Å². The van der Waals surface area contributed by atoms with Crippen molar-refractivity contribution in [2.24, 2.45) is 0 Å². The minimum absolute atomic E-state index is 0.170. The Morgan fingerprint density at radius 2 is 2.15 bits per heavy atom. The number of hydrogen-bond acceptors (Lipinski definition) is 2. The summed E-state index contributed by atoms with van der Waals surface area (Å²) in [5.74, 6) is 0.590. The number of carbonyl (C=O) groups excluding carboxylic acids is 1. The number of fused-ring (bicyclic) bond motifs is 1. The molecule has 1 aromatic carbocycles. The van der Waals surface area contributed by atoms with Gasteiger partial charge in [0.1, 0.15) is 18.4 Å². The lowest BCUT2D eigenvalue weighted by Crippen LogP contribution is -2.40. The molecule has 0 spiro atoms. The second-order valence-corrected chi connectivity index (χ2v) is 5.62. The Hall–Kier alpha value is -1.44. The second kappa shape index (κ2) is 4.54. The monoisotopic (exact) mass is 350 g/mol. The summed E-state index contributed by atoms with van der Waals surface area (Å²) in [7, 11) is 0. The summed E-state index contributed by atoms with van der Waals surface area (Å²) < 4.78 is 44.2. The van der Waals surface area contributed by atoms with E-state index in [0.717, 1.165) is 10.0 Å². The number of rotatable bonds is 1. The van der Waals surface area contributed by atoms with Gasteiger partial charge in [0.15, 0.2) is 0 Å². The van der Waals surface area contributed by atoms with E-state index >= 15 is 0 Å². The summed E-state index contributed by atoms with van der Waals surface area (Å²) in [6, 6.07) is 2.25. The van der Waals surface area contributed by atoms with Gasteiger partial charge in [0, 0.05) is 10.0 Å². The van der Waals surface area contributed by atoms with E-state index < -0.39 is 30.8 Å². The first kappa shape index (κ1) is 13.5. The lowest BCUT2D eigenvalue weighted by Gasteiger charge is -2.22. The molecule has 0 unspecified atom stereocenters. The van der Waals surface area contributed by atoms with Crippen LogP contribution in [0.25, 0.3) is 0 Å². The normalized spacial score (nSPS) is 25.4. The van der Waals surface area contributed by atoms with Crippen molar-refractivity contribution in [2.75, 3.05) is 13.2 Å². The highest BCUT2D eigenvalue weighted by atomic mass is 79.9. The van der Waals surface area contributed by atoms with Crippen LogP contribution in [0.4, 0.5) is 18.0 Å². The van der Waals surface area contributed by atoms with Crippen LogP contribution < -0.4 is 10.1 Å². The zero-order valence-corrected chi connectivity index (χ0v) is 11.7. The first-order chi connectivity index (χ1) is 9.36. The van der Waals surface area contributed by atoms with Crippen LogP contribution in [-0.4, -0.2) is 36.3 Å². The minimum Gasteiger partial charge on any atom is -0.491 e. The molecule has 2 heterocycles. The molecule has 2 aliphatic rings. The van der Waals surface area contributed by atoms with E-state index in [9.17, 15) is 18.0 Å². The molecule has 4 nitrogen and oxygen atoms in total. The molecule has 1 aromatic rings. The molecule has 0 saturated carbocycles. The fourth-order valence-corrected chi connectivity index (χ4v) is 2.78. The van der Waals surface area contributed by atoms with Crippen molar-refractivity contribution in [1.82, 2.24) is 10.2 Å². The summed E-state index contributed by atoms with van der Waals surface area (Å²) in [5.41, 5.74) is 0.728. The molecule has 1 fully saturated rings. The molecular weight excluding hydrogens is 341 g/mol. The molecule has 1 N–H and O–H groups in total. The van der Waals surface area contributed by atoms with Gasteiger partial charge in [0.2, 0.25) is 0 Å². The van der Waals surface area contributed by atoms with Crippen molar-refractivity contribution in [2.45, 2.75) is 18.3 Å². The van der Waals surface area contributed by atoms with Gasteiger partial charge in [-0.15, -0.1) is 0 Å². The number of halogens is 4. The van der Waals surface area contributed by atoms with Crippen molar-refractivity contribution in [3.63, 3.8) is 0 Å². The van der Waals surface area contributed by atoms with Gasteiger partial charge >= 0.3 is 12.2 Å². The van der Waals surface area contributed by atoms with Crippen molar-refractivity contribution < 1.29 is 22.7 Å². The summed E-state index contributed by atoms with van der Waals surface area (Å²) in [6.45, 7) is -0.227. The summed E-state index contributed by atoms with van der Waals surface area (Å²) in [6.07, 6.45) is -4.44. The van der Waals surface area contributed by atoms with Gasteiger partial charge in [-0.1, -0.05) is 22.0 Å². The highest BCUT2D eigenvalue weighted by Crippen LogP contribution is 2.39. The molecule has 0 bridgehead atoms. The standard InChI is InChI=1S/C12H10BrF3N2O2/c13-6-1-2-7-8(5-20-9(7)3-6)18-4-10(12(14,15)16)17-11(18)19/h1-3,8,10H,4-5H2,(H,17,19)/t8-,10+/m1/s1. The molecule has 2 amide bonds. The molecule has 0 aromatic heterocycles. The number of benzene rings is 1. The number of ether oxygens (including phenoxy) is 1. The van der Waals surface area contributed by atoms with Crippen molar-refractivity contribution in [3.8, 4) is 5.75 Å². The topological polar surface area (TPSA) is 41.6 Å². The van der Waals surface area contributed by atoms with Crippen LogP contribution in [0.3, 0.4) is 0 Å². The molecule has 108 valence electrons. The van der Waals surface area contributed by atoms with Crippen LogP contribution in [0.5, 0.6) is 5.75 Å². The third kappa shape index (κ3) is 2.21. The third-order valence-corrected chi connectivity index (χ3v) is 3.93. The van der Waals surface area contributed by atoms with E-state index in [1.165, 1.54) is 4.90 Å². The van der Waals surface area contributed by atoms with Crippen molar-refractivity contribution in [1.29, 1.82) is 0 Å². The fourth-order valence-electron chi connectivity index (χ4n) is 2.44.